The van der Waals surface area contributed by atoms with E-state index in [1.165, 1.54) is 8.61 Å². The van der Waals surface area contributed by atoms with Crippen molar-refractivity contribution in [3.63, 3.8) is 0 Å². The Labute approximate surface area is 143 Å². The summed E-state index contributed by atoms with van der Waals surface area (Å²) in [6.45, 7) is 1.36. The number of para-hydroxylation sites is 1. The van der Waals surface area contributed by atoms with Gasteiger partial charge in [0, 0.05) is 26.1 Å². The number of hydrogen-bond donors (Lipinski definition) is 1. The van der Waals surface area contributed by atoms with Gasteiger partial charge in [-0.1, -0.05) is 48.5 Å². The van der Waals surface area contributed by atoms with Crippen LogP contribution in [0.2, 0.25) is 0 Å². The summed E-state index contributed by atoms with van der Waals surface area (Å²) in [6, 6.07) is 17.3. The highest BCUT2D eigenvalue weighted by Crippen LogP contribution is 2.39. The molecule has 1 atom stereocenters. The normalized spacial score (nSPS) is 17.3. The van der Waals surface area contributed by atoms with E-state index in [0.29, 0.717) is 19.6 Å². The molecule has 6 heteroatoms. The lowest BCUT2D eigenvalue weighted by atomic mass is 9.98. The minimum absolute atomic E-state index is 0.158. The van der Waals surface area contributed by atoms with Gasteiger partial charge in [0.2, 0.25) is 0 Å². The lowest BCUT2D eigenvalue weighted by Gasteiger charge is -2.26. The van der Waals surface area contributed by atoms with Crippen molar-refractivity contribution in [1.29, 1.82) is 0 Å². The average molecular weight is 345 g/mol. The Kier molecular flexibility index (Phi) is 4.89. The van der Waals surface area contributed by atoms with Crippen LogP contribution in [0, 0.1) is 0 Å². The van der Waals surface area contributed by atoms with Gasteiger partial charge in [-0.05, 0) is 30.2 Å². The number of nitrogens with zero attached hydrogens (tertiary/aromatic N) is 2. The summed E-state index contributed by atoms with van der Waals surface area (Å²) in [5.74, 6) is 0.158. The zero-order chi connectivity index (χ0) is 17.2. The molecule has 2 aromatic carbocycles. The summed E-state index contributed by atoms with van der Waals surface area (Å²) in [5.41, 5.74) is 8.51. The van der Waals surface area contributed by atoms with Crippen molar-refractivity contribution in [2.45, 2.75) is 18.9 Å². The molecule has 3 rings (SSSR count). The molecule has 2 aromatic rings. The van der Waals surface area contributed by atoms with Gasteiger partial charge < -0.3 is 5.73 Å². The molecule has 0 saturated carbocycles. The van der Waals surface area contributed by atoms with E-state index in [1.54, 1.807) is 7.05 Å². The van der Waals surface area contributed by atoms with Crippen molar-refractivity contribution < 1.29 is 8.42 Å². The molecule has 1 aliphatic heterocycles. The Hall–Kier alpha value is -1.89. The molecule has 2 N–H and O–H groups in total. The van der Waals surface area contributed by atoms with E-state index in [0.717, 1.165) is 23.2 Å². The molecular formula is C18H23N3O2S. The van der Waals surface area contributed by atoms with Crippen molar-refractivity contribution in [3.05, 3.63) is 65.7 Å². The van der Waals surface area contributed by atoms with Crippen LogP contribution >= 0.6 is 0 Å². The van der Waals surface area contributed by atoms with Gasteiger partial charge in [0.25, 0.3) is 0 Å². The van der Waals surface area contributed by atoms with Gasteiger partial charge in [0.1, 0.15) is 0 Å². The van der Waals surface area contributed by atoms with Crippen LogP contribution in [-0.2, 0) is 16.8 Å². The van der Waals surface area contributed by atoms with E-state index in [1.807, 2.05) is 54.6 Å². The van der Waals surface area contributed by atoms with E-state index in [9.17, 15) is 8.42 Å². The summed E-state index contributed by atoms with van der Waals surface area (Å²) in [7, 11) is -1.95. The Morgan fingerprint density at radius 1 is 1.12 bits per heavy atom. The van der Waals surface area contributed by atoms with Gasteiger partial charge in [-0.3, -0.25) is 4.31 Å². The first-order valence-electron chi connectivity index (χ1n) is 8.11. The highest BCUT2D eigenvalue weighted by atomic mass is 32.2. The molecule has 1 heterocycles. The van der Waals surface area contributed by atoms with Crippen LogP contribution in [0.4, 0.5) is 5.69 Å². The molecular weight excluding hydrogens is 322 g/mol. The third-order valence-electron chi connectivity index (χ3n) is 4.47. The summed E-state index contributed by atoms with van der Waals surface area (Å²) in [5, 5.41) is 0. The smallest absolute Gasteiger partial charge is 0.304 e. The first-order chi connectivity index (χ1) is 11.5. The maximum Gasteiger partial charge on any atom is 0.304 e. The largest absolute Gasteiger partial charge is 0.330 e. The Morgan fingerprint density at radius 2 is 1.79 bits per heavy atom. The molecule has 1 unspecified atom stereocenters. The van der Waals surface area contributed by atoms with Crippen LogP contribution in [-0.4, -0.2) is 32.9 Å². The topological polar surface area (TPSA) is 66.6 Å². The van der Waals surface area contributed by atoms with E-state index >= 15 is 0 Å². The first kappa shape index (κ1) is 17.0. The third-order valence-corrected chi connectivity index (χ3v) is 6.29. The number of fused-ring (bicyclic) bond motifs is 1. The van der Waals surface area contributed by atoms with Gasteiger partial charge in [0.05, 0.1) is 5.69 Å². The van der Waals surface area contributed by atoms with E-state index < -0.39 is 10.2 Å². The van der Waals surface area contributed by atoms with Gasteiger partial charge in [-0.25, -0.2) is 0 Å². The molecule has 1 aliphatic rings. The lowest BCUT2D eigenvalue weighted by molar-refractivity contribution is 0.462. The predicted molar refractivity (Wildman–Crippen MR) is 97.0 cm³/mol. The maximum absolute atomic E-state index is 13.1. The van der Waals surface area contributed by atoms with Crippen molar-refractivity contribution in [2.24, 2.45) is 5.73 Å². The van der Waals surface area contributed by atoms with Gasteiger partial charge in [-0.2, -0.15) is 12.7 Å². The van der Waals surface area contributed by atoms with Crippen LogP contribution in [0.5, 0.6) is 0 Å². The summed E-state index contributed by atoms with van der Waals surface area (Å²) in [6.07, 6.45) is 0.783. The Morgan fingerprint density at radius 3 is 2.50 bits per heavy atom. The number of nitrogens with two attached hydrogens (primary N) is 1. The molecule has 0 aliphatic carbocycles. The van der Waals surface area contributed by atoms with Crippen LogP contribution in [0.25, 0.3) is 0 Å². The first-order valence-corrected chi connectivity index (χ1v) is 9.50. The summed E-state index contributed by atoms with van der Waals surface area (Å²) < 4.78 is 29.1. The molecule has 0 bridgehead atoms. The molecule has 0 spiro atoms. The highest BCUT2D eigenvalue weighted by Gasteiger charge is 2.37. The second-order valence-electron chi connectivity index (χ2n) is 6.11. The van der Waals surface area contributed by atoms with Crippen LogP contribution in [0.15, 0.2) is 54.6 Å². The fourth-order valence-corrected chi connectivity index (χ4v) is 4.65. The second kappa shape index (κ2) is 6.93. The molecule has 0 radical (unpaired) electrons. The van der Waals surface area contributed by atoms with Gasteiger partial charge >= 0.3 is 10.2 Å². The van der Waals surface area contributed by atoms with E-state index in [2.05, 4.69) is 0 Å². The molecule has 24 heavy (non-hydrogen) atoms. The molecule has 0 aromatic heterocycles. The van der Waals surface area contributed by atoms with Gasteiger partial charge in [-0.15, -0.1) is 0 Å². The summed E-state index contributed by atoms with van der Waals surface area (Å²) >= 11 is 0. The van der Waals surface area contributed by atoms with Crippen LogP contribution < -0.4 is 10.0 Å². The number of anilines is 1. The standard InChI is InChI=1S/C18H23N3O2S/c1-20(13-15-7-3-2-4-8-15)24(22,23)21-14-16(11-12-19)17-9-5-6-10-18(17)21/h2-10,16H,11-14,19H2,1H3. The number of rotatable bonds is 6. The fraction of sp³-hybridized carbons (Fsp3) is 0.333. The molecule has 0 fully saturated rings. The SMILES string of the molecule is CN(Cc1ccccc1)S(=O)(=O)N1CC(CCN)c2ccccc21. The molecule has 5 nitrogen and oxygen atoms in total. The van der Waals surface area contributed by atoms with Crippen LogP contribution in [0.1, 0.15) is 23.5 Å². The average Bonchev–Trinajstić information content (AvgIpc) is 2.96. The fourth-order valence-electron chi connectivity index (χ4n) is 3.21. The number of benzene rings is 2. The third kappa shape index (κ3) is 3.17. The van der Waals surface area contributed by atoms with Gasteiger partial charge in [0.15, 0.2) is 0 Å². The van der Waals surface area contributed by atoms with E-state index in [-0.39, 0.29) is 5.92 Å². The van der Waals surface area contributed by atoms with E-state index in [4.69, 9.17) is 5.73 Å². The number of hydrogen-bond acceptors (Lipinski definition) is 3. The zero-order valence-corrected chi connectivity index (χ0v) is 14.6. The zero-order valence-electron chi connectivity index (χ0n) is 13.8. The molecule has 128 valence electrons. The van der Waals surface area contributed by atoms with Crippen molar-refractivity contribution >= 4 is 15.9 Å². The monoisotopic (exact) mass is 345 g/mol. The minimum atomic E-state index is -3.58. The summed E-state index contributed by atoms with van der Waals surface area (Å²) in [4.78, 5) is 0. The van der Waals surface area contributed by atoms with Crippen molar-refractivity contribution in [2.75, 3.05) is 24.4 Å². The predicted octanol–water partition coefficient (Wildman–Crippen LogP) is 2.32. The van der Waals surface area contributed by atoms with Crippen molar-refractivity contribution in [1.82, 2.24) is 4.31 Å². The highest BCUT2D eigenvalue weighted by molar-refractivity contribution is 7.90. The molecule has 0 amide bonds. The van der Waals surface area contributed by atoms with Crippen LogP contribution in [0.3, 0.4) is 0 Å². The maximum atomic E-state index is 13.1. The molecule has 0 saturated heterocycles. The quantitative estimate of drug-likeness (QED) is 0.874. The Bertz CT molecular complexity index is 793. The second-order valence-corrected chi connectivity index (χ2v) is 8.07. The lowest BCUT2D eigenvalue weighted by Crippen LogP contribution is -2.41. The minimum Gasteiger partial charge on any atom is -0.330 e. The van der Waals surface area contributed by atoms with Crippen molar-refractivity contribution in [3.8, 4) is 0 Å². The Balaban J connectivity index is 1.87.